The zero-order chi connectivity index (χ0) is 12.3. The van der Waals surface area contributed by atoms with Crippen molar-refractivity contribution in [2.24, 2.45) is 0 Å². The summed E-state index contributed by atoms with van der Waals surface area (Å²) >= 11 is 3.67. The third-order valence-corrected chi connectivity index (χ3v) is 4.83. The fraction of sp³-hybridized carbons (Fsp3) is 0.538. The zero-order valence-electron chi connectivity index (χ0n) is 10.3. The third kappa shape index (κ3) is 1.37. The Morgan fingerprint density at radius 3 is 3.06 bits per heavy atom. The molecule has 3 aliphatic rings. The molecule has 1 saturated carbocycles. The average molecular weight is 307 g/mol. The van der Waals surface area contributed by atoms with Gasteiger partial charge in [0.1, 0.15) is 11.6 Å². The fourth-order valence-electron chi connectivity index (χ4n) is 2.94. The van der Waals surface area contributed by atoms with Crippen molar-refractivity contribution in [1.82, 2.24) is 20.1 Å². The monoisotopic (exact) mass is 306 g/mol. The molecule has 1 atom stereocenters. The highest BCUT2D eigenvalue weighted by atomic mass is 79.9. The average Bonchev–Trinajstić information content (AvgIpc) is 3.07. The van der Waals surface area contributed by atoms with E-state index in [1.54, 1.807) is 0 Å². The van der Waals surface area contributed by atoms with Crippen molar-refractivity contribution in [3.05, 3.63) is 29.5 Å². The Kier molecular flexibility index (Phi) is 2.08. The molecule has 5 heteroatoms. The Morgan fingerprint density at radius 1 is 1.44 bits per heavy atom. The maximum absolute atomic E-state index is 4.43. The topological polar surface area (TPSA) is 42.7 Å². The van der Waals surface area contributed by atoms with Crippen LogP contribution >= 0.6 is 15.9 Å². The lowest BCUT2D eigenvalue weighted by atomic mass is 10.1. The van der Waals surface area contributed by atoms with Gasteiger partial charge in [-0.05, 0) is 25.8 Å². The van der Waals surface area contributed by atoms with Crippen LogP contribution in [0, 0.1) is 6.92 Å². The Labute approximate surface area is 114 Å². The van der Waals surface area contributed by atoms with Crippen LogP contribution in [-0.4, -0.2) is 26.1 Å². The lowest BCUT2D eigenvalue weighted by molar-refractivity contribution is 0.589. The summed E-state index contributed by atoms with van der Waals surface area (Å²) in [7, 11) is 0. The van der Waals surface area contributed by atoms with Crippen LogP contribution in [0.15, 0.2) is 17.8 Å². The van der Waals surface area contributed by atoms with Crippen molar-refractivity contribution in [3.8, 4) is 0 Å². The predicted octanol–water partition coefficient (Wildman–Crippen LogP) is 2.11. The third-order valence-electron chi connectivity index (χ3n) is 4.21. The second kappa shape index (κ2) is 3.47. The second-order valence-corrected chi connectivity index (χ2v) is 6.66. The Bertz CT molecular complexity index is 580. The van der Waals surface area contributed by atoms with Crippen LogP contribution in [0.2, 0.25) is 0 Å². The maximum Gasteiger partial charge on any atom is 0.145 e. The highest BCUT2D eigenvalue weighted by Gasteiger charge is 2.50. The van der Waals surface area contributed by atoms with Crippen molar-refractivity contribution in [1.29, 1.82) is 0 Å². The molecule has 1 N–H and O–H groups in total. The van der Waals surface area contributed by atoms with E-state index in [0.717, 1.165) is 24.6 Å². The Balaban J connectivity index is 1.92. The molecular weight excluding hydrogens is 292 g/mol. The first-order valence-electron chi connectivity index (χ1n) is 6.42. The van der Waals surface area contributed by atoms with Crippen molar-refractivity contribution >= 4 is 21.6 Å². The number of rotatable bonds is 0. The van der Waals surface area contributed by atoms with Crippen LogP contribution in [-0.2, 0) is 5.41 Å². The molecule has 0 amide bonds. The molecule has 1 spiro atoms. The summed E-state index contributed by atoms with van der Waals surface area (Å²) < 4.78 is 2.25. The van der Waals surface area contributed by atoms with Gasteiger partial charge in [0.25, 0.3) is 0 Å². The molecule has 2 aliphatic carbocycles. The molecule has 0 aromatic carbocycles. The van der Waals surface area contributed by atoms with Gasteiger partial charge in [0.15, 0.2) is 0 Å². The molecule has 4 nitrogen and oxygen atoms in total. The van der Waals surface area contributed by atoms with Gasteiger partial charge in [-0.2, -0.15) is 0 Å². The molecule has 18 heavy (non-hydrogen) atoms. The van der Waals surface area contributed by atoms with Crippen LogP contribution < -0.4 is 5.32 Å². The molecule has 1 aromatic heterocycles. The molecule has 1 aromatic rings. The molecule has 0 bridgehead atoms. The van der Waals surface area contributed by atoms with E-state index in [1.807, 2.05) is 6.92 Å². The van der Waals surface area contributed by atoms with Gasteiger partial charge >= 0.3 is 0 Å². The van der Waals surface area contributed by atoms with E-state index < -0.39 is 0 Å². The first-order valence-corrected chi connectivity index (χ1v) is 7.33. The summed E-state index contributed by atoms with van der Waals surface area (Å²) in [5.74, 6) is 2.14. The number of hydrogen-bond donors (Lipinski definition) is 1. The van der Waals surface area contributed by atoms with Gasteiger partial charge in [-0.3, -0.25) is 4.57 Å². The number of hydrogen-bond acceptors (Lipinski definition) is 3. The summed E-state index contributed by atoms with van der Waals surface area (Å²) in [4.78, 5) is 0.428. The molecule has 4 rings (SSSR count). The van der Waals surface area contributed by atoms with Crippen molar-refractivity contribution < 1.29 is 0 Å². The standard InChI is InChI=1S/C13H15BrN4/c1-8-16-17-12-13(4-5-13)7-15-10-6-9(14)2-3-11(10)18(8)12/h2-3,9,15H,4-7H2,1H3. The van der Waals surface area contributed by atoms with Crippen LogP contribution in [0.4, 0.5) is 0 Å². The molecule has 1 fully saturated rings. The van der Waals surface area contributed by atoms with Crippen molar-refractivity contribution in [3.63, 3.8) is 0 Å². The maximum atomic E-state index is 4.43. The van der Waals surface area contributed by atoms with Gasteiger partial charge in [-0.25, -0.2) is 0 Å². The van der Waals surface area contributed by atoms with Gasteiger partial charge in [-0.1, -0.05) is 22.0 Å². The van der Waals surface area contributed by atoms with Gasteiger partial charge in [0.05, 0.1) is 5.70 Å². The van der Waals surface area contributed by atoms with E-state index in [9.17, 15) is 0 Å². The number of nitrogens with zero attached hydrogens (tertiary/aromatic N) is 3. The van der Waals surface area contributed by atoms with Crippen LogP contribution in [0.3, 0.4) is 0 Å². The predicted molar refractivity (Wildman–Crippen MR) is 73.4 cm³/mol. The van der Waals surface area contributed by atoms with Gasteiger partial charge in [-0.15, -0.1) is 10.2 Å². The van der Waals surface area contributed by atoms with Crippen molar-refractivity contribution in [2.45, 2.75) is 36.4 Å². The first-order chi connectivity index (χ1) is 8.70. The molecule has 0 saturated heterocycles. The van der Waals surface area contributed by atoms with E-state index in [2.05, 4.69) is 48.2 Å². The highest BCUT2D eigenvalue weighted by Crippen LogP contribution is 2.49. The molecule has 1 aliphatic heterocycles. The van der Waals surface area contributed by atoms with E-state index in [0.29, 0.717) is 4.83 Å². The minimum absolute atomic E-state index is 0.230. The van der Waals surface area contributed by atoms with Crippen LogP contribution in [0.1, 0.15) is 30.9 Å². The van der Waals surface area contributed by atoms with Gasteiger partial charge in [0.2, 0.25) is 0 Å². The van der Waals surface area contributed by atoms with Crippen LogP contribution in [0.5, 0.6) is 0 Å². The number of fused-ring (bicyclic) bond motifs is 3. The second-order valence-electron chi connectivity index (χ2n) is 5.48. The number of aromatic nitrogens is 3. The van der Waals surface area contributed by atoms with Gasteiger partial charge in [0, 0.05) is 28.9 Å². The summed E-state index contributed by atoms with van der Waals surface area (Å²) in [6, 6.07) is 0. The summed E-state index contributed by atoms with van der Waals surface area (Å²) in [6.45, 7) is 3.04. The van der Waals surface area contributed by atoms with E-state index in [1.165, 1.54) is 24.2 Å². The van der Waals surface area contributed by atoms with E-state index >= 15 is 0 Å². The minimum atomic E-state index is 0.230. The fourth-order valence-corrected chi connectivity index (χ4v) is 3.41. The number of halogens is 1. The lowest BCUT2D eigenvalue weighted by Crippen LogP contribution is -2.26. The van der Waals surface area contributed by atoms with Crippen molar-refractivity contribution in [2.75, 3.05) is 6.54 Å². The SMILES string of the molecule is Cc1nnc2n1C1=C(CC(Br)C=C1)NCC21CC1. The summed E-state index contributed by atoms with van der Waals surface area (Å²) in [5, 5.41) is 12.4. The molecule has 0 radical (unpaired) electrons. The summed E-state index contributed by atoms with van der Waals surface area (Å²) in [5.41, 5.74) is 2.77. The molecule has 2 heterocycles. The smallest absolute Gasteiger partial charge is 0.145 e. The van der Waals surface area contributed by atoms with Crippen LogP contribution in [0.25, 0.3) is 5.70 Å². The number of alkyl halides is 1. The minimum Gasteiger partial charge on any atom is -0.386 e. The zero-order valence-corrected chi connectivity index (χ0v) is 11.9. The first kappa shape index (κ1) is 10.8. The molecule has 1 unspecified atom stereocenters. The normalized spacial score (nSPS) is 27.6. The van der Waals surface area contributed by atoms with Gasteiger partial charge < -0.3 is 5.32 Å². The molecular formula is C13H15BrN4. The number of aryl methyl sites for hydroxylation is 1. The largest absolute Gasteiger partial charge is 0.386 e. The highest BCUT2D eigenvalue weighted by molar-refractivity contribution is 9.09. The lowest BCUT2D eigenvalue weighted by Gasteiger charge is -2.19. The molecule has 94 valence electrons. The Morgan fingerprint density at radius 2 is 2.28 bits per heavy atom. The quantitative estimate of drug-likeness (QED) is 0.747. The number of nitrogens with one attached hydrogen (secondary N) is 1. The number of allylic oxidation sites excluding steroid dienone is 4. The summed E-state index contributed by atoms with van der Waals surface area (Å²) in [6.07, 6.45) is 7.85. The van der Waals surface area contributed by atoms with E-state index in [4.69, 9.17) is 0 Å². The van der Waals surface area contributed by atoms with E-state index in [-0.39, 0.29) is 5.41 Å². The Hall–Kier alpha value is -1.10.